The van der Waals surface area contributed by atoms with Gasteiger partial charge in [-0.1, -0.05) is 0 Å². The van der Waals surface area contributed by atoms with Crippen molar-refractivity contribution in [2.45, 2.75) is 25.9 Å². The van der Waals surface area contributed by atoms with Gasteiger partial charge in [-0.3, -0.25) is 4.90 Å². The molecule has 0 aliphatic carbocycles. The van der Waals surface area contributed by atoms with Crippen LogP contribution in [0.5, 0.6) is 0 Å². The lowest BCUT2D eigenvalue weighted by Gasteiger charge is -2.36. The van der Waals surface area contributed by atoms with E-state index in [9.17, 15) is 0 Å². The molecule has 0 N–H and O–H groups in total. The van der Waals surface area contributed by atoms with Crippen molar-refractivity contribution in [3.63, 3.8) is 0 Å². The largest absolute Gasteiger partial charge is 0.369 e. The van der Waals surface area contributed by atoms with Gasteiger partial charge in [0.1, 0.15) is 23.8 Å². The lowest BCUT2D eigenvalue weighted by Crippen LogP contribution is -2.46. The Kier molecular flexibility index (Phi) is 4.35. The monoisotopic (exact) mass is 378 g/mol. The first-order chi connectivity index (χ1) is 13.7. The van der Waals surface area contributed by atoms with E-state index in [0.717, 1.165) is 74.1 Å². The minimum absolute atomic E-state index is 0.900. The highest BCUT2D eigenvalue weighted by atomic mass is 15.3. The number of anilines is 2. The molecule has 2 aromatic heterocycles. The number of aromatic nitrogens is 5. The number of benzene rings is 1. The van der Waals surface area contributed by atoms with Crippen LogP contribution in [-0.2, 0) is 19.5 Å². The molecule has 0 bridgehead atoms. The summed E-state index contributed by atoms with van der Waals surface area (Å²) in [6, 6.07) is 6.51. The van der Waals surface area contributed by atoms with Crippen LogP contribution in [0.4, 0.5) is 11.5 Å². The Balaban J connectivity index is 1.29. The summed E-state index contributed by atoms with van der Waals surface area (Å²) in [5, 5.41) is 9.85. The van der Waals surface area contributed by atoms with Gasteiger partial charge >= 0.3 is 0 Å². The van der Waals surface area contributed by atoms with Crippen LogP contribution >= 0.6 is 0 Å². The third-order valence-corrected chi connectivity index (χ3v) is 5.81. The lowest BCUT2D eigenvalue weighted by atomic mass is 10.1. The van der Waals surface area contributed by atoms with Gasteiger partial charge in [-0.15, -0.1) is 10.2 Å². The van der Waals surface area contributed by atoms with Crippen molar-refractivity contribution in [2.75, 3.05) is 50.1 Å². The summed E-state index contributed by atoms with van der Waals surface area (Å²) >= 11 is 0. The van der Waals surface area contributed by atoms with E-state index in [0.29, 0.717) is 0 Å². The molecular weight excluding hydrogens is 352 g/mol. The minimum Gasteiger partial charge on any atom is -0.369 e. The molecule has 2 aliphatic rings. The first kappa shape index (κ1) is 17.4. The Morgan fingerprint density at radius 2 is 1.86 bits per heavy atom. The number of fused-ring (bicyclic) bond motifs is 2. The van der Waals surface area contributed by atoms with E-state index in [-0.39, 0.29) is 0 Å². The zero-order valence-corrected chi connectivity index (χ0v) is 16.5. The van der Waals surface area contributed by atoms with Gasteiger partial charge in [0.05, 0.1) is 12.1 Å². The van der Waals surface area contributed by atoms with Crippen LogP contribution in [0.2, 0.25) is 0 Å². The normalized spacial score (nSPS) is 17.3. The van der Waals surface area contributed by atoms with Gasteiger partial charge in [-0.25, -0.2) is 9.97 Å². The molecule has 3 aromatic rings. The molecule has 1 fully saturated rings. The second-order valence-electron chi connectivity index (χ2n) is 7.84. The highest BCUT2D eigenvalue weighted by Gasteiger charge is 2.22. The predicted octanol–water partition coefficient (Wildman–Crippen LogP) is 1.56. The summed E-state index contributed by atoms with van der Waals surface area (Å²) in [6.45, 7) is 6.06. The van der Waals surface area contributed by atoms with Gasteiger partial charge in [0, 0.05) is 64.3 Å². The Hall–Kier alpha value is -2.74. The average Bonchev–Trinajstić information content (AvgIpc) is 3.33. The molecule has 0 spiro atoms. The molecule has 146 valence electrons. The molecule has 28 heavy (non-hydrogen) atoms. The summed E-state index contributed by atoms with van der Waals surface area (Å²) in [4.78, 5) is 15.8. The number of hydrogen-bond donors (Lipinski definition) is 0. The zero-order valence-electron chi connectivity index (χ0n) is 16.5. The number of aryl methyl sites for hydroxylation is 1. The summed E-state index contributed by atoms with van der Waals surface area (Å²) in [5.41, 5.74) is 2.23. The van der Waals surface area contributed by atoms with Crippen molar-refractivity contribution in [1.29, 1.82) is 0 Å². The highest BCUT2D eigenvalue weighted by molar-refractivity contribution is 5.91. The number of piperazine rings is 1. The molecule has 0 radical (unpaired) electrons. The summed E-state index contributed by atoms with van der Waals surface area (Å²) in [7, 11) is 4.04. The SMILES string of the molecule is CN(C)c1ncnc2ccc(N3CCN(Cc4nnc5n4CCC5)CC3)cc12. The number of rotatable bonds is 4. The van der Waals surface area contributed by atoms with Gasteiger partial charge in [0.2, 0.25) is 0 Å². The van der Waals surface area contributed by atoms with Gasteiger partial charge in [0.15, 0.2) is 0 Å². The van der Waals surface area contributed by atoms with E-state index in [4.69, 9.17) is 0 Å². The molecule has 8 heteroatoms. The quantitative estimate of drug-likeness (QED) is 0.682. The maximum atomic E-state index is 4.45. The maximum Gasteiger partial charge on any atom is 0.147 e. The van der Waals surface area contributed by atoms with E-state index in [1.54, 1.807) is 6.33 Å². The highest BCUT2D eigenvalue weighted by Crippen LogP contribution is 2.27. The molecule has 0 atom stereocenters. The molecular formula is C20H26N8. The van der Waals surface area contributed by atoms with Crippen LogP contribution in [0.3, 0.4) is 0 Å². The first-order valence-electron chi connectivity index (χ1n) is 9.99. The van der Waals surface area contributed by atoms with Crippen LogP contribution in [0.1, 0.15) is 18.1 Å². The third-order valence-electron chi connectivity index (χ3n) is 5.81. The maximum absolute atomic E-state index is 4.45. The van der Waals surface area contributed by atoms with E-state index < -0.39 is 0 Å². The van der Waals surface area contributed by atoms with Crippen molar-refractivity contribution < 1.29 is 0 Å². The van der Waals surface area contributed by atoms with Crippen LogP contribution in [0.25, 0.3) is 10.9 Å². The van der Waals surface area contributed by atoms with Crippen molar-refractivity contribution in [3.05, 3.63) is 36.2 Å². The van der Waals surface area contributed by atoms with E-state index >= 15 is 0 Å². The van der Waals surface area contributed by atoms with Crippen molar-refractivity contribution in [3.8, 4) is 0 Å². The van der Waals surface area contributed by atoms with E-state index in [1.165, 1.54) is 12.1 Å². The molecule has 0 saturated carbocycles. The summed E-state index contributed by atoms with van der Waals surface area (Å²) in [5.74, 6) is 3.24. The topological polar surface area (TPSA) is 66.2 Å². The first-order valence-corrected chi connectivity index (χ1v) is 9.99. The summed E-state index contributed by atoms with van der Waals surface area (Å²) < 4.78 is 2.30. The summed E-state index contributed by atoms with van der Waals surface area (Å²) in [6.07, 6.45) is 3.91. The molecule has 8 nitrogen and oxygen atoms in total. The van der Waals surface area contributed by atoms with Crippen molar-refractivity contribution in [1.82, 2.24) is 29.6 Å². The number of nitrogens with zero attached hydrogens (tertiary/aromatic N) is 8. The lowest BCUT2D eigenvalue weighted by molar-refractivity contribution is 0.240. The van der Waals surface area contributed by atoms with Gasteiger partial charge in [-0.05, 0) is 24.6 Å². The standard InChI is InChI=1S/C20H26N8/c1-25(2)20-16-12-15(5-6-17(16)21-14-22-20)27-10-8-26(9-11-27)13-19-24-23-18-4-3-7-28(18)19/h5-6,12,14H,3-4,7-11,13H2,1-2H3. The smallest absolute Gasteiger partial charge is 0.147 e. The molecule has 1 aromatic carbocycles. The molecule has 4 heterocycles. The third kappa shape index (κ3) is 3.07. The fraction of sp³-hybridized carbons (Fsp3) is 0.500. The molecule has 0 unspecified atom stereocenters. The Morgan fingerprint density at radius 1 is 1.00 bits per heavy atom. The number of hydrogen-bond acceptors (Lipinski definition) is 7. The van der Waals surface area contributed by atoms with Crippen LogP contribution in [0.15, 0.2) is 24.5 Å². The predicted molar refractivity (Wildman–Crippen MR) is 110 cm³/mol. The fourth-order valence-electron chi connectivity index (χ4n) is 4.28. The van der Waals surface area contributed by atoms with Gasteiger partial charge in [0.25, 0.3) is 0 Å². The second kappa shape index (κ2) is 7.01. The van der Waals surface area contributed by atoms with Gasteiger partial charge in [-0.2, -0.15) is 0 Å². The van der Waals surface area contributed by atoms with E-state index in [2.05, 4.69) is 52.7 Å². The van der Waals surface area contributed by atoms with Crippen LogP contribution < -0.4 is 9.80 Å². The molecule has 1 saturated heterocycles. The van der Waals surface area contributed by atoms with Crippen LogP contribution in [-0.4, -0.2) is 69.9 Å². The Bertz CT molecular complexity index is 987. The molecule has 2 aliphatic heterocycles. The van der Waals surface area contributed by atoms with E-state index in [1.807, 2.05) is 19.0 Å². The Labute approximate surface area is 164 Å². The second-order valence-corrected chi connectivity index (χ2v) is 7.84. The molecule has 0 amide bonds. The Morgan fingerprint density at radius 3 is 2.68 bits per heavy atom. The molecule has 5 rings (SSSR count). The van der Waals surface area contributed by atoms with Crippen molar-refractivity contribution in [2.24, 2.45) is 0 Å². The zero-order chi connectivity index (χ0) is 19.1. The minimum atomic E-state index is 0.900. The van der Waals surface area contributed by atoms with Crippen LogP contribution in [0, 0.1) is 0 Å². The average molecular weight is 378 g/mol. The van der Waals surface area contributed by atoms with Crippen molar-refractivity contribution >= 4 is 22.4 Å². The van der Waals surface area contributed by atoms with Gasteiger partial charge < -0.3 is 14.4 Å². The fourth-order valence-corrected chi connectivity index (χ4v) is 4.28.